The van der Waals surface area contributed by atoms with E-state index in [0.29, 0.717) is 30.2 Å². The lowest BCUT2D eigenvalue weighted by molar-refractivity contribution is -0.137. The molecule has 1 heterocycles. The van der Waals surface area contributed by atoms with Gasteiger partial charge in [0.15, 0.2) is 0 Å². The van der Waals surface area contributed by atoms with Gasteiger partial charge >= 0.3 is 5.97 Å². The quantitative estimate of drug-likeness (QED) is 0.469. The Balaban J connectivity index is 1.61. The smallest absolute Gasteiger partial charge is 0.318 e. The molecule has 0 aliphatic rings. The van der Waals surface area contributed by atoms with E-state index >= 15 is 0 Å². The predicted molar refractivity (Wildman–Crippen MR) is 118 cm³/mol. The molecular formula is C22H25N3O6S. The standard InChI is InChI=1S/C22H25N3O6S/c1-24(2)32(28,29)25(15-21(26)27)14-17-7-6-10-20(13-17)30-12-11-19-16-31-22(23-19)18-8-4-3-5-9-18/h3-10,13,16H,11-12,14-15H2,1-2H3,(H,26,27). The minimum Gasteiger partial charge on any atom is -0.493 e. The molecule has 0 aliphatic heterocycles. The van der Waals surface area contributed by atoms with Crippen molar-refractivity contribution in [3.05, 3.63) is 72.1 Å². The van der Waals surface area contributed by atoms with Crippen LogP contribution in [-0.4, -0.2) is 60.3 Å². The van der Waals surface area contributed by atoms with Crippen molar-refractivity contribution in [3.63, 3.8) is 0 Å². The van der Waals surface area contributed by atoms with Gasteiger partial charge in [0.2, 0.25) is 5.89 Å². The number of carbonyl (C=O) groups is 1. The molecule has 0 spiro atoms. The Morgan fingerprint density at radius 1 is 1.12 bits per heavy atom. The van der Waals surface area contributed by atoms with Crippen LogP contribution in [0.2, 0.25) is 0 Å². The van der Waals surface area contributed by atoms with Gasteiger partial charge < -0.3 is 14.3 Å². The highest BCUT2D eigenvalue weighted by Crippen LogP contribution is 2.20. The van der Waals surface area contributed by atoms with Gasteiger partial charge in [-0.2, -0.15) is 17.0 Å². The number of aromatic nitrogens is 1. The fourth-order valence-electron chi connectivity index (χ4n) is 2.95. The Morgan fingerprint density at radius 2 is 1.88 bits per heavy atom. The summed E-state index contributed by atoms with van der Waals surface area (Å²) >= 11 is 0. The molecule has 2 aromatic carbocycles. The molecule has 3 rings (SSSR count). The molecule has 0 amide bonds. The summed E-state index contributed by atoms with van der Waals surface area (Å²) in [5.41, 5.74) is 2.26. The van der Waals surface area contributed by atoms with E-state index in [4.69, 9.17) is 14.3 Å². The van der Waals surface area contributed by atoms with E-state index in [1.54, 1.807) is 30.5 Å². The Morgan fingerprint density at radius 3 is 2.56 bits per heavy atom. The summed E-state index contributed by atoms with van der Waals surface area (Å²) in [6.45, 7) is -0.381. The molecule has 10 heteroatoms. The number of hydrogen-bond donors (Lipinski definition) is 1. The highest BCUT2D eigenvalue weighted by Gasteiger charge is 2.26. The molecule has 0 fully saturated rings. The molecule has 3 aromatic rings. The van der Waals surface area contributed by atoms with Crippen LogP contribution in [0, 0.1) is 0 Å². The minimum absolute atomic E-state index is 0.0895. The van der Waals surface area contributed by atoms with Crippen molar-refractivity contribution in [2.75, 3.05) is 27.2 Å². The highest BCUT2D eigenvalue weighted by molar-refractivity contribution is 7.86. The van der Waals surface area contributed by atoms with Crippen molar-refractivity contribution in [1.29, 1.82) is 0 Å². The molecular weight excluding hydrogens is 434 g/mol. The monoisotopic (exact) mass is 459 g/mol. The van der Waals surface area contributed by atoms with E-state index in [-0.39, 0.29) is 6.54 Å². The van der Waals surface area contributed by atoms with Crippen LogP contribution >= 0.6 is 0 Å². The molecule has 32 heavy (non-hydrogen) atoms. The summed E-state index contributed by atoms with van der Waals surface area (Å²) in [5.74, 6) is -0.139. The van der Waals surface area contributed by atoms with Crippen molar-refractivity contribution in [3.8, 4) is 17.2 Å². The summed E-state index contributed by atoms with van der Waals surface area (Å²) in [6.07, 6.45) is 2.12. The number of hydrogen-bond acceptors (Lipinski definition) is 6. The summed E-state index contributed by atoms with van der Waals surface area (Å²) in [4.78, 5) is 15.6. The summed E-state index contributed by atoms with van der Waals surface area (Å²) in [7, 11) is -1.18. The van der Waals surface area contributed by atoms with Crippen molar-refractivity contribution >= 4 is 16.2 Å². The largest absolute Gasteiger partial charge is 0.493 e. The third kappa shape index (κ3) is 6.16. The minimum atomic E-state index is -3.89. The number of nitrogens with zero attached hydrogens (tertiary/aromatic N) is 3. The van der Waals surface area contributed by atoms with Crippen LogP contribution in [0.4, 0.5) is 0 Å². The van der Waals surface area contributed by atoms with Gasteiger partial charge in [0.1, 0.15) is 18.6 Å². The van der Waals surface area contributed by atoms with Crippen LogP contribution in [0.5, 0.6) is 5.75 Å². The van der Waals surface area contributed by atoms with Crippen molar-refractivity contribution in [2.45, 2.75) is 13.0 Å². The molecule has 0 radical (unpaired) electrons. The summed E-state index contributed by atoms with van der Waals surface area (Å²) in [6, 6.07) is 16.5. The normalized spacial score (nSPS) is 11.8. The maximum Gasteiger partial charge on any atom is 0.318 e. The number of ether oxygens (including phenoxy) is 1. The zero-order chi connectivity index (χ0) is 23.1. The number of carboxylic acids is 1. The van der Waals surface area contributed by atoms with Crippen molar-refractivity contribution in [1.82, 2.24) is 13.6 Å². The highest BCUT2D eigenvalue weighted by atomic mass is 32.2. The zero-order valence-electron chi connectivity index (χ0n) is 17.8. The Hall–Kier alpha value is -3.21. The number of carboxylic acid groups (broad SMARTS) is 1. The third-order valence-corrected chi connectivity index (χ3v) is 6.39. The van der Waals surface area contributed by atoms with Crippen LogP contribution in [0.3, 0.4) is 0 Å². The average molecular weight is 460 g/mol. The van der Waals surface area contributed by atoms with E-state index in [1.807, 2.05) is 30.3 Å². The van der Waals surface area contributed by atoms with E-state index in [1.165, 1.54) is 14.1 Å². The lowest BCUT2D eigenvalue weighted by atomic mass is 10.2. The van der Waals surface area contributed by atoms with E-state index < -0.39 is 22.7 Å². The van der Waals surface area contributed by atoms with Crippen LogP contribution < -0.4 is 4.74 Å². The van der Waals surface area contributed by atoms with Gasteiger partial charge in [-0.15, -0.1) is 0 Å². The first kappa shape index (κ1) is 23.5. The van der Waals surface area contributed by atoms with Crippen LogP contribution in [0.15, 0.2) is 65.3 Å². The molecule has 9 nitrogen and oxygen atoms in total. The fraction of sp³-hybridized carbons (Fsp3) is 0.273. The molecule has 0 aliphatic carbocycles. The third-order valence-electron chi connectivity index (χ3n) is 4.56. The first-order valence-electron chi connectivity index (χ1n) is 9.86. The molecule has 0 atom stereocenters. The fourth-order valence-corrected chi connectivity index (χ4v) is 3.99. The van der Waals surface area contributed by atoms with Crippen molar-refractivity contribution in [2.24, 2.45) is 0 Å². The molecule has 0 bridgehead atoms. The average Bonchev–Trinajstić information content (AvgIpc) is 3.23. The number of rotatable bonds is 11. The molecule has 1 N–H and O–H groups in total. The van der Waals surface area contributed by atoms with Crippen LogP contribution in [-0.2, 0) is 28.0 Å². The van der Waals surface area contributed by atoms with Gasteiger partial charge in [-0.3, -0.25) is 4.79 Å². The first-order valence-corrected chi connectivity index (χ1v) is 11.3. The second-order valence-corrected chi connectivity index (χ2v) is 9.35. The van der Waals surface area contributed by atoms with Gasteiger partial charge in [-0.1, -0.05) is 30.3 Å². The van der Waals surface area contributed by atoms with Gasteiger partial charge in [-0.25, -0.2) is 4.98 Å². The second-order valence-electron chi connectivity index (χ2n) is 7.21. The van der Waals surface area contributed by atoms with Gasteiger partial charge in [-0.05, 0) is 29.8 Å². The summed E-state index contributed by atoms with van der Waals surface area (Å²) in [5, 5.41) is 9.10. The Bertz CT molecular complexity index is 1150. The van der Waals surface area contributed by atoms with Gasteiger partial charge in [0.25, 0.3) is 10.2 Å². The predicted octanol–water partition coefficient (Wildman–Crippen LogP) is 2.66. The van der Waals surface area contributed by atoms with E-state index in [2.05, 4.69) is 4.98 Å². The second kappa shape index (κ2) is 10.4. The molecule has 1 aromatic heterocycles. The SMILES string of the molecule is CN(C)S(=O)(=O)N(CC(=O)O)Cc1cccc(OCCc2coc(-c3ccccc3)n2)c1. The Kier molecular flexibility index (Phi) is 7.62. The maximum absolute atomic E-state index is 12.4. The number of oxazole rings is 1. The number of benzene rings is 2. The van der Waals surface area contributed by atoms with E-state index in [0.717, 1.165) is 19.9 Å². The van der Waals surface area contributed by atoms with Gasteiger partial charge in [0, 0.05) is 32.6 Å². The van der Waals surface area contributed by atoms with Gasteiger partial charge in [0.05, 0.1) is 12.3 Å². The van der Waals surface area contributed by atoms with E-state index in [9.17, 15) is 13.2 Å². The van der Waals surface area contributed by atoms with Crippen LogP contribution in [0.25, 0.3) is 11.5 Å². The first-order chi connectivity index (χ1) is 15.3. The van der Waals surface area contributed by atoms with Crippen molar-refractivity contribution < 1.29 is 27.5 Å². The molecule has 0 unspecified atom stereocenters. The topological polar surface area (TPSA) is 113 Å². The zero-order valence-corrected chi connectivity index (χ0v) is 18.7. The van der Waals surface area contributed by atoms with Crippen LogP contribution in [0.1, 0.15) is 11.3 Å². The lowest BCUT2D eigenvalue weighted by Gasteiger charge is -2.24. The Labute approximate surface area is 187 Å². The molecule has 0 saturated carbocycles. The summed E-state index contributed by atoms with van der Waals surface area (Å²) < 4.78 is 38.0. The maximum atomic E-state index is 12.4. The molecule has 0 saturated heterocycles. The molecule has 170 valence electrons. The number of aliphatic carboxylic acids is 1. The lowest BCUT2D eigenvalue weighted by Crippen LogP contribution is -2.42.